The first-order valence-corrected chi connectivity index (χ1v) is 7.14. The van der Waals surface area contributed by atoms with Gasteiger partial charge in [-0.05, 0) is 32.9 Å². The normalized spacial score (nSPS) is 37.4. The van der Waals surface area contributed by atoms with Gasteiger partial charge in [0.1, 0.15) is 5.78 Å². The number of carbonyl (C=O) groups excluding carboxylic acids is 1. The average molecular weight is 238 g/mol. The molecule has 2 heterocycles. The fraction of sp³-hybridized carbons (Fsp3) is 0.929. The number of rotatable bonds is 2. The lowest BCUT2D eigenvalue weighted by atomic mass is 9.88. The van der Waals surface area contributed by atoms with Gasteiger partial charge >= 0.3 is 0 Å². The maximum absolute atomic E-state index is 11.7. The molecule has 2 aliphatic heterocycles. The zero-order chi connectivity index (χ0) is 12.4. The van der Waals surface area contributed by atoms with E-state index in [1.54, 1.807) is 0 Å². The van der Waals surface area contributed by atoms with Crippen LogP contribution in [0.2, 0.25) is 0 Å². The molecule has 3 nitrogen and oxygen atoms in total. The number of hydrogen-bond donors (Lipinski definition) is 0. The van der Waals surface area contributed by atoms with Crippen molar-refractivity contribution in [3.63, 3.8) is 0 Å². The highest BCUT2D eigenvalue weighted by Gasteiger charge is 2.35. The molecule has 2 saturated heterocycles. The molecule has 0 aromatic heterocycles. The molecule has 2 aliphatic rings. The molecule has 0 saturated carbocycles. The highest BCUT2D eigenvalue weighted by molar-refractivity contribution is 5.82. The van der Waals surface area contributed by atoms with E-state index in [9.17, 15) is 4.79 Å². The summed E-state index contributed by atoms with van der Waals surface area (Å²) in [6.45, 7) is 11.2. The molecule has 3 unspecified atom stereocenters. The number of Topliss-reactive ketones (excluding diaryl/α,β-unsaturated/α-hetero) is 1. The van der Waals surface area contributed by atoms with Gasteiger partial charge in [0.25, 0.3) is 0 Å². The van der Waals surface area contributed by atoms with Crippen LogP contribution < -0.4 is 0 Å². The second kappa shape index (κ2) is 5.49. The third-order valence-corrected chi connectivity index (χ3v) is 4.77. The molecule has 0 amide bonds. The third-order valence-electron chi connectivity index (χ3n) is 4.77. The van der Waals surface area contributed by atoms with Crippen LogP contribution in [0.3, 0.4) is 0 Å². The largest absolute Gasteiger partial charge is 0.302 e. The molecule has 2 rings (SSSR count). The zero-order valence-corrected chi connectivity index (χ0v) is 11.5. The predicted molar refractivity (Wildman–Crippen MR) is 70.1 cm³/mol. The van der Waals surface area contributed by atoms with Crippen molar-refractivity contribution in [3.8, 4) is 0 Å². The Kier molecular flexibility index (Phi) is 4.21. The van der Waals surface area contributed by atoms with Crippen LogP contribution in [-0.4, -0.2) is 53.8 Å². The van der Waals surface area contributed by atoms with Crippen molar-refractivity contribution < 1.29 is 4.79 Å². The van der Waals surface area contributed by atoms with E-state index in [1.165, 1.54) is 25.9 Å². The molecule has 2 fully saturated rings. The summed E-state index contributed by atoms with van der Waals surface area (Å²) in [6, 6.07) is 1.10. The van der Waals surface area contributed by atoms with Crippen LogP contribution in [0, 0.1) is 5.92 Å². The smallest absolute Gasteiger partial charge is 0.138 e. The van der Waals surface area contributed by atoms with Gasteiger partial charge in [0.15, 0.2) is 0 Å². The van der Waals surface area contributed by atoms with E-state index in [2.05, 4.69) is 30.6 Å². The number of hydrogen-bond acceptors (Lipinski definition) is 3. The molecule has 0 N–H and O–H groups in total. The SMILES string of the molecule is CCN1CCCC(N2CCC(=O)C(C)C2C)C1. The zero-order valence-electron chi connectivity index (χ0n) is 11.5. The number of piperidine rings is 2. The van der Waals surface area contributed by atoms with Gasteiger partial charge in [-0.1, -0.05) is 13.8 Å². The predicted octanol–water partition coefficient (Wildman–Crippen LogP) is 1.77. The van der Waals surface area contributed by atoms with Crippen molar-refractivity contribution in [2.24, 2.45) is 5.92 Å². The lowest BCUT2D eigenvalue weighted by molar-refractivity contribution is -0.129. The second-order valence-electron chi connectivity index (χ2n) is 5.67. The Balaban J connectivity index is 1.99. The van der Waals surface area contributed by atoms with Crippen LogP contribution in [0.5, 0.6) is 0 Å². The van der Waals surface area contributed by atoms with E-state index in [1.807, 2.05) is 0 Å². The van der Waals surface area contributed by atoms with Crippen LogP contribution in [0.4, 0.5) is 0 Å². The summed E-state index contributed by atoms with van der Waals surface area (Å²) < 4.78 is 0. The van der Waals surface area contributed by atoms with Gasteiger partial charge in [-0.3, -0.25) is 9.69 Å². The number of likely N-dealkylation sites (N-methyl/N-ethyl adjacent to an activating group) is 1. The molecule has 3 heteroatoms. The van der Waals surface area contributed by atoms with Crippen LogP contribution >= 0.6 is 0 Å². The highest BCUT2D eigenvalue weighted by atomic mass is 16.1. The molecule has 0 spiro atoms. The van der Waals surface area contributed by atoms with Crippen LogP contribution in [-0.2, 0) is 4.79 Å². The van der Waals surface area contributed by atoms with Gasteiger partial charge in [0.05, 0.1) is 0 Å². The Hall–Kier alpha value is -0.410. The van der Waals surface area contributed by atoms with Gasteiger partial charge in [-0.2, -0.15) is 0 Å². The summed E-state index contributed by atoms with van der Waals surface area (Å²) >= 11 is 0. The van der Waals surface area contributed by atoms with Gasteiger partial charge < -0.3 is 4.90 Å². The lowest BCUT2D eigenvalue weighted by Crippen LogP contribution is -2.56. The maximum Gasteiger partial charge on any atom is 0.138 e. The fourth-order valence-electron chi connectivity index (χ4n) is 3.33. The molecule has 98 valence electrons. The minimum Gasteiger partial charge on any atom is -0.302 e. The van der Waals surface area contributed by atoms with Crippen molar-refractivity contribution >= 4 is 5.78 Å². The van der Waals surface area contributed by atoms with Crippen LogP contribution in [0.15, 0.2) is 0 Å². The van der Waals surface area contributed by atoms with Gasteiger partial charge in [-0.25, -0.2) is 0 Å². The number of nitrogens with zero attached hydrogens (tertiary/aromatic N) is 2. The van der Waals surface area contributed by atoms with E-state index in [0.717, 1.165) is 19.5 Å². The quantitative estimate of drug-likeness (QED) is 0.732. The molecule has 3 atom stereocenters. The second-order valence-corrected chi connectivity index (χ2v) is 5.67. The summed E-state index contributed by atoms with van der Waals surface area (Å²) in [7, 11) is 0. The first-order chi connectivity index (χ1) is 8.13. The molecule has 0 bridgehead atoms. The molecule has 0 aliphatic carbocycles. The maximum atomic E-state index is 11.7. The van der Waals surface area contributed by atoms with Crippen molar-refractivity contribution in [1.82, 2.24) is 9.80 Å². The minimum absolute atomic E-state index is 0.223. The van der Waals surface area contributed by atoms with Crippen molar-refractivity contribution in [2.75, 3.05) is 26.2 Å². The molecule has 0 aromatic rings. The topological polar surface area (TPSA) is 23.6 Å². The lowest BCUT2D eigenvalue weighted by Gasteiger charge is -2.45. The Bertz CT molecular complexity index is 279. The van der Waals surface area contributed by atoms with E-state index in [-0.39, 0.29) is 5.92 Å². The average Bonchev–Trinajstić information content (AvgIpc) is 2.36. The van der Waals surface area contributed by atoms with Crippen molar-refractivity contribution in [2.45, 2.75) is 52.1 Å². The van der Waals surface area contributed by atoms with Crippen LogP contribution in [0.25, 0.3) is 0 Å². The first-order valence-electron chi connectivity index (χ1n) is 7.14. The minimum atomic E-state index is 0.223. The monoisotopic (exact) mass is 238 g/mol. The number of carbonyl (C=O) groups is 1. The molecule has 0 radical (unpaired) electrons. The summed E-state index contributed by atoms with van der Waals surface area (Å²) in [5.74, 6) is 0.678. The van der Waals surface area contributed by atoms with Crippen molar-refractivity contribution in [1.29, 1.82) is 0 Å². The highest BCUT2D eigenvalue weighted by Crippen LogP contribution is 2.26. The Morgan fingerprint density at radius 2 is 2.06 bits per heavy atom. The van der Waals surface area contributed by atoms with E-state index in [0.29, 0.717) is 17.9 Å². The van der Waals surface area contributed by atoms with Gasteiger partial charge in [0.2, 0.25) is 0 Å². The number of ketones is 1. The molecular formula is C14H26N2O. The molecule has 0 aromatic carbocycles. The van der Waals surface area contributed by atoms with Crippen LogP contribution in [0.1, 0.15) is 40.0 Å². The summed E-state index contributed by atoms with van der Waals surface area (Å²) in [4.78, 5) is 16.9. The summed E-state index contributed by atoms with van der Waals surface area (Å²) in [5.41, 5.74) is 0. The van der Waals surface area contributed by atoms with E-state index < -0.39 is 0 Å². The molecule has 17 heavy (non-hydrogen) atoms. The van der Waals surface area contributed by atoms with Gasteiger partial charge in [-0.15, -0.1) is 0 Å². The summed E-state index contributed by atoms with van der Waals surface area (Å²) in [5, 5.41) is 0. The Morgan fingerprint density at radius 3 is 2.76 bits per heavy atom. The Labute approximate surface area is 105 Å². The van der Waals surface area contributed by atoms with E-state index in [4.69, 9.17) is 0 Å². The van der Waals surface area contributed by atoms with E-state index >= 15 is 0 Å². The van der Waals surface area contributed by atoms with Gasteiger partial charge in [0, 0.05) is 37.5 Å². The number of likely N-dealkylation sites (tertiary alicyclic amines) is 2. The summed E-state index contributed by atoms with van der Waals surface area (Å²) in [6.07, 6.45) is 3.37. The van der Waals surface area contributed by atoms with Crippen molar-refractivity contribution in [3.05, 3.63) is 0 Å². The third kappa shape index (κ3) is 2.71. The first kappa shape index (κ1) is 13.0. The Morgan fingerprint density at radius 1 is 1.29 bits per heavy atom. The standard InChI is InChI=1S/C14H26N2O/c1-4-15-8-5-6-13(10-15)16-9-7-14(17)11(2)12(16)3/h11-13H,4-10H2,1-3H3. The fourth-order valence-corrected chi connectivity index (χ4v) is 3.33. The molecular weight excluding hydrogens is 212 g/mol.